The van der Waals surface area contributed by atoms with E-state index in [0.717, 1.165) is 35.7 Å². The molecule has 1 aliphatic heterocycles. The molecule has 2 aliphatic rings. The van der Waals surface area contributed by atoms with E-state index in [1.807, 2.05) is 0 Å². The molecule has 1 saturated heterocycles. The van der Waals surface area contributed by atoms with Crippen LogP contribution in [-0.4, -0.2) is 36.8 Å². The summed E-state index contributed by atoms with van der Waals surface area (Å²) in [4.78, 5) is 0. The minimum atomic E-state index is 0.749. The quantitative estimate of drug-likeness (QED) is 0.748. The maximum Gasteiger partial charge on any atom is 0.0608 e. The molecule has 0 aromatic heterocycles. The highest BCUT2D eigenvalue weighted by Gasteiger charge is 2.35. The lowest BCUT2D eigenvalue weighted by molar-refractivity contribution is 0.0452. The summed E-state index contributed by atoms with van der Waals surface area (Å²) < 4.78 is 5.20. The van der Waals surface area contributed by atoms with E-state index in [0.29, 0.717) is 0 Å². The second-order valence-electron chi connectivity index (χ2n) is 4.17. The molecular weight excluding hydrogens is 182 g/mol. The summed E-state index contributed by atoms with van der Waals surface area (Å²) in [7, 11) is 2.08. The van der Waals surface area contributed by atoms with Crippen molar-refractivity contribution in [2.24, 2.45) is 5.92 Å². The fraction of sp³-hybridized carbons (Fsp3) is 1.00. The first kappa shape index (κ1) is 9.81. The van der Waals surface area contributed by atoms with Crippen LogP contribution in [-0.2, 0) is 4.74 Å². The van der Waals surface area contributed by atoms with Gasteiger partial charge in [-0.05, 0) is 25.8 Å². The van der Waals surface area contributed by atoms with Crippen LogP contribution in [0.5, 0.6) is 0 Å². The van der Waals surface area contributed by atoms with Crippen LogP contribution in [0.25, 0.3) is 0 Å². The minimum absolute atomic E-state index is 0.749. The SMILES string of the molecule is CNC1CCC(SC2COC2)C1C. The Morgan fingerprint density at radius 3 is 2.54 bits per heavy atom. The highest BCUT2D eigenvalue weighted by molar-refractivity contribution is 8.00. The Kier molecular flexibility index (Phi) is 3.17. The molecule has 1 aliphatic carbocycles. The first-order chi connectivity index (χ1) is 6.31. The van der Waals surface area contributed by atoms with Crippen molar-refractivity contribution in [2.75, 3.05) is 20.3 Å². The molecule has 3 unspecified atom stereocenters. The molecule has 0 bridgehead atoms. The highest BCUT2D eigenvalue weighted by atomic mass is 32.2. The van der Waals surface area contributed by atoms with E-state index in [4.69, 9.17) is 4.74 Å². The van der Waals surface area contributed by atoms with Crippen molar-refractivity contribution in [1.82, 2.24) is 5.32 Å². The van der Waals surface area contributed by atoms with Gasteiger partial charge in [-0.15, -0.1) is 11.8 Å². The van der Waals surface area contributed by atoms with Gasteiger partial charge in [-0.1, -0.05) is 6.92 Å². The molecule has 3 heteroatoms. The van der Waals surface area contributed by atoms with Crippen LogP contribution in [0.2, 0.25) is 0 Å². The van der Waals surface area contributed by atoms with Crippen molar-refractivity contribution in [3.05, 3.63) is 0 Å². The van der Waals surface area contributed by atoms with Crippen LogP contribution in [0.4, 0.5) is 0 Å². The van der Waals surface area contributed by atoms with Gasteiger partial charge < -0.3 is 10.1 Å². The van der Waals surface area contributed by atoms with Crippen LogP contribution < -0.4 is 5.32 Å². The van der Waals surface area contributed by atoms with Gasteiger partial charge in [0.1, 0.15) is 0 Å². The van der Waals surface area contributed by atoms with E-state index < -0.39 is 0 Å². The summed E-state index contributed by atoms with van der Waals surface area (Å²) in [5.41, 5.74) is 0. The minimum Gasteiger partial charge on any atom is -0.379 e. The Morgan fingerprint density at radius 2 is 2.08 bits per heavy atom. The third-order valence-electron chi connectivity index (χ3n) is 3.33. The molecule has 0 aromatic rings. The fourth-order valence-corrected chi connectivity index (χ4v) is 3.82. The molecule has 0 amide bonds. The van der Waals surface area contributed by atoms with E-state index in [-0.39, 0.29) is 0 Å². The van der Waals surface area contributed by atoms with Gasteiger partial charge in [0.25, 0.3) is 0 Å². The van der Waals surface area contributed by atoms with Gasteiger partial charge in [-0.2, -0.15) is 0 Å². The second-order valence-corrected chi connectivity index (χ2v) is 5.71. The van der Waals surface area contributed by atoms with Gasteiger partial charge in [0, 0.05) is 11.3 Å². The Morgan fingerprint density at radius 1 is 1.31 bits per heavy atom. The third-order valence-corrected chi connectivity index (χ3v) is 5.00. The smallest absolute Gasteiger partial charge is 0.0608 e. The molecule has 76 valence electrons. The molecule has 3 atom stereocenters. The van der Waals surface area contributed by atoms with Gasteiger partial charge in [-0.3, -0.25) is 0 Å². The first-order valence-corrected chi connectivity index (χ1v) is 6.16. The second kappa shape index (κ2) is 4.20. The van der Waals surface area contributed by atoms with Crippen LogP contribution >= 0.6 is 11.8 Å². The molecule has 1 N–H and O–H groups in total. The molecule has 2 nitrogen and oxygen atoms in total. The molecule has 13 heavy (non-hydrogen) atoms. The van der Waals surface area contributed by atoms with Gasteiger partial charge >= 0.3 is 0 Å². The number of hydrogen-bond donors (Lipinski definition) is 1. The normalized spacial score (nSPS) is 40.6. The van der Waals surface area contributed by atoms with Crippen molar-refractivity contribution in [2.45, 2.75) is 36.3 Å². The van der Waals surface area contributed by atoms with Gasteiger partial charge in [-0.25, -0.2) is 0 Å². The predicted octanol–water partition coefficient (Wildman–Crippen LogP) is 1.50. The maximum absolute atomic E-state index is 5.20. The maximum atomic E-state index is 5.20. The largest absolute Gasteiger partial charge is 0.379 e. The van der Waals surface area contributed by atoms with E-state index >= 15 is 0 Å². The Hall–Kier alpha value is 0.270. The fourth-order valence-electron chi connectivity index (χ4n) is 2.27. The van der Waals surface area contributed by atoms with Crippen LogP contribution in [0, 0.1) is 5.92 Å². The molecular formula is C10H19NOS. The Balaban J connectivity index is 1.79. The molecule has 2 rings (SSSR count). The summed E-state index contributed by atoms with van der Waals surface area (Å²) in [5, 5.41) is 5.07. The lowest BCUT2D eigenvalue weighted by atomic mass is 10.1. The molecule has 2 fully saturated rings. The van der Waals surface area contributed by atoms with Gasteiger partial charge in [0.05, 0.1) is 18.5 Å². The van der Waals surface area contributed by atoms with Crippen molar-refractivity contribution < 1.29 is 4.74 Å². The Labute approximate surface area is 84.8 Å². The monoisotopic (exact) mass is 201 g/mol. The third kappa shape index (κ3) is 2.03. The van der Waals surface area contributed by atoms with Crippen LogP contribution in [0.3, 0.4) is 0 Å². The van der Waals surface area contributed by atoms with E-state index in [2.05, 4.69) is 31.1 Å². The standard InChI is InChI=1S/C10H19NOS/c1-7-9(11-2)3-4-10(7)13-8-5-12-6-8/h7-11H,3-6H2,1-2H3. The van der Waals surface area contributed by atoms with E-state index in [1.165, 1.54) is 12.8 Å². The van der Waals surface area contributed by atoms with E-state index in [9.17, 15) is 0 Å². The molecule has 0 aromatic carbocycles. The van der Waals surface area contributed by atoms with Crippen molar-refractivity contribution >= 4 is 11.8 Å². The summed E-state index contributed by atoms with van der Waals surface area (Å²) in [5.74, 6) is 0.829. The predicted molar refractivity (Wildman–Crippen MR) is 57.2 cm³/mol. The number of hydrogen-bond acceptors (Lipinski definition) is 3. The van der Waals surface area contributed by atoms with Crippen molar-refractivity contribution in [1.29, 1.82) is 0 Å². The number of rotatable bonds is 3. The zero-order valence-electron chi connectivity index (χ0n) is 8.45. The Bertz CT molecular complexity index is 172. The average molecular weight is 201 g/mol. The lowest BCUT2D eigenvalue weighted by Crippen LogP contribution is -2.35. The average Bonchev–Trinajstić information content (AvgIpc) is 2.40. The number of thioether (sulfide) groups is 1. The highest BCUT2D eigenvalue weighted by Crippen LogP contribution is 2.38. The molecule has 0 spiro atoms. The van der Waals surface area contributed by atoms with Gasteiger partial charge in [0.2, 0.25) is 0 Å². The van der Waals surface area contributed by atoms with Crippen LogP contribution in [0.15, 0.2) is 0 Å². The first-order valence-electron chi connectivity index (χ1n) is 5.21. The van der Waals surface area contributed by atoms with E-state index in [1.54, 1.807) is 0 Å². The molecule has 1 heterocycles. The van der Waals surface area contributed by atoms with Crippen molar-refractivity contribution in [3.63, 3.8) is 0 Å². The lowest BCUT2D eigenvalue weighted by Gasteiger charge is -2.30. The topological polar surface area (TPSA) is 21.3 Å². The van der Waals surface area contributed by atoms with Crippen molar-refractivity contribution in [3.8, 4) is 0 Å². The zero-order chi connectivity index (χ0) is 9.26. The zero-order valence-corrected chi connectivity index (χ0v) is 9.27. The summed E-state index contributed by atoms with van der Waals surface area (Å²) >= 11 is 2.16. The summed E-state index contributed by atoms with van der Waals surface area (Å²) in [6, 6.07) is 0.749. The summed E-state index contributed by atoms with van der Waals surface area (Å²) in [6.45, 7) is 4.35. The summed E-state index contributed by atoms with van der Waals surface area (Å²) in [6.07, 6.45) is 2.73. The number of nitrogens with one attached hydrogen (secondary N) is 1. The number of ether oxygens (including phenoxy) is 1. The van der Waals surface area contributed by atoms with Gasteiger partial charge in [0.15, 0.2) is 0 Å². The van der Waals surface area contributed by atoms with Crippen LogP contribution in [0.1, 0.15) is 19.8 Å². The molecule has 1 saturated carbocycles. The molecule has 0 radical (unpaired) electrons.